The fourth-order valence-corrected chi connectivity index (χ4v) is 6.48. The number of hydrogen-bond acceptors (Lipinski definition) is 4. The molecule has 1 heterocycles. The summed E-state index contributed by atoms with van der Waals surface area (Å²) in [5, 5.41) is 3.81. The van der Waals surface area contributed by atoms with Crippen LogP contribution in [0.5, 0.6) is 11.5 Å². The summed E-state index contributed by atoms with van der Waals surface area (Å²) in [6, 6.07) is 30.1. The Morgan fingerprint density at radius 2 is 1.77 bits per heavy atom. The van der Waals surface area contributed by atoms with Gasteiger partial charge in [0.2, 0.25) is 0 Å². The molecule has 1 aliphatic carbocycles. The molecular weight excluding hydrogens is 607 g/mol. The molecule has 4 nitrogen and oxygen atoms in total. The Balaban J connectivity index is 1.17. The van der Waals surface area contributed by atoms with E-state index in [2.05, 4.69) is 126 Å². The van der Waals surface area contributed by atoms with E-state index in [-0.39, 0.29) is 6.04 Å². The fraction of sp³-hybridized carbons (Fsp3) is 0.229. The molecule has 0 amide bonds. The quantitative estimate of drug-likeness (QED) is 0.119. The van der Waals surface area contributed by atoms with Crippen molar-refractivity contribution in [3.05, 3.63) is 128 Å². The monoisotopic (exact) mass is 640 g/mol. The lowest BCUT2D eigenvalue weighted by atomic mass is 9.77. The van der Waals surface area contributed by atoms with Crippen molar-refractivity contribution in [3.8, 4) is 11.5 Å². The highest BCUT2D eigenvalue weighted by Crippen LogP contribution is 2.49. The van der Waals surface area contributed by atoms with Crippen LogP contribution in [0.4, 0.5) is 11.4 Å². The second-order valence-electron chi connectivity index (χ2n) is 10.4. The molecule has 0 unspecified atom stereocenters. The molecule has 0 aromatic heterocycles. The summed E-state index contributed by atoms with van der Waals surface area (Å²) < 4.78 is 13.2. The highest BCUT2D eigenvalue weighted by atomic mass is 127. The van der Waals surface area contributed by atoms with Crippen molar-refractivity contribution in [2.24, 2.45) is 10.9 Å². The maximum Gasteiger partial charge on any atom is 0.175 e. The van der Waals surface area contributed by atoms with Gasteiger partial charge in [-0.25, -0.2) is 0 Å². The molecule has 4 aromatic carbocycles. The fourth-order valence-electron chi connectivity index (χ4n) is 5.70. The molecule has 0 bridgehead atoms. The number of aryl methyl sites for hydroxylation is 1. The van der Waals surface area contributed by atoms with Gasteiger partial charge in [0.15, 0.2) is 11.5 Å². The summed E-state index contributed by atoms with van der Waals surface area (Å²) in [5.74, 6) is 2.52. The van der Waals surface area contributed by atoms with Gasteiger partial charge >= 0.3 is 0 Å². The van der Waals surface area contributed by atoms with Gasteiger partial charge in [-0.05, 0) is 101 Å². The Morgan fingerprint density at radius 1 is 0.975 bits per heavy atom. The molecule has 0 saturated heterocycles. The summed E-state index contributed by atoms with van der Waals surface area (Å²) in [6.07, 6.45) is 7.71. The highest BCUT2D eigenvalue weighted by molar-refractivity contribution is 14.1. The molecule has 1 N–H and O–H groups in total. The van der Waals surface area contributed by atoms with Crippen LogP contribution in [-0.4, -0.2) is 12.8 Å². The van der Waals surface area contributed by atoms with Crippen molar-refractivity contribution in [1.82, 2.24) is 0 Å². The minimum atomic E-state index is 0.288. The average Bonchev–Trinajstić information content (AvgIpc) is 3.47. The van der Waals surface area contributed by atoms with Gasteiger partial charge in [-0.15, -0.1) is 0 Å². The number of hydrogen-bond donors (Lipinski definition) is 1. The van der Waals surface area contributed by atoms with Crippen molar-refractivity contribution < 1.29 is 9.47 Å². The third-order valence-corrected chi connectivity index (χ3v) is 8.52. The number of anilines is 1. The molecule has 2 aliphatic rings. The standard InChI is InChI=1S/C35H33IN2O2/c1-3-39-33-20-25(19-31(36)35(33)40-22-24-13-11-23(2)12-14-24)21-37-27-17-15-26(16-18-27)34-30-9-6-8-28(30)29-7-4-5-10-32(29)38-34/h4-8,10-21,28,30,34,38H,3,9,22H2,1-2H3/t28-,30-,34+/m1/s1. The Kier molecular flexibility index (Phi) is 7.91. The van der Waals surface area contributed by atoms with E-state index in [0.717, 1.165) is 38.3 Å². The Labute approximate surface area is 250 Å². The van der Waals surface area contributed by atoms with Crippen molar-refractivity contribution in [3.63, 3.8) is 0 Å². The van der Waals surface area contributed by atoms with Gasteiger partial charge in [-0.2, -0.15) is 0 Å². The molecule has 0 radical (unpaired) electrons. The smallest absolute Gasteiger partial charge is 0.175 e. The van der Waals surface area contributed by atoms with E-state index >= 15 is 0 Å². The number of allylic oxidation sites excluding steroid dienone is 2. The maximum absolute atomic E-state index is 6.20. The molecule has 1 aliphatic heterocycles. The number of halogens is 1. The second-order valence-corrected chi connectivity index (χ2v) is 11.6. The van der Waals surface area contributed by atoms with Gasteiger partial charge in [0.25, 0.3) is 0 Å². The largest absolute Gasteiger partial charge is 0.490 e. The number of fused-ring (bicyclic) bond motifs is 3. The Hall–Kier alpha value is -3.58. The first kappa shape index (κ1) is 26.6. The molecular formula is C35H33IN2O2. The summed E-state index contributed by atoms with van der Waals surface area (Å²) in [5.41, 5.74) is 8.22. The van der Waals surface area contributed by atoms with Crippen molar-refractivity contribution >= 4 is 40.2 Å². The van der Waals surface area contributed by atoms with Crippen LogP contribution in [-0.2, 0) is 6.61 Å². The first-order valence-electron chi connectivity index (χ1n) is 13.9. The van der Waals surface area contributed by atoms with Crippen LogP contribution in [0.25, 0.3) is 0 Å². The zero-order chi connectivity index (χ0) is 27.5. The van der Waals surface area contributed by atoms with E-state index < -0.39 is 0 Å². The molecule has 202 valence electrons. The molecule has 5 heteroatoms. The summed E-state index contributed by atoms with van der Waals surface area (Å²) >= 11 is 2.32. The van der Waals surface area contributed by atoms with Crippen LogP contribution in [0.1, 0.15) is 53.1 Å². The molecule has 0 saturated carbocycles. The number of ether oxygens (including phenoxy) is 2. The zero-order valence-corrected chi connectivity index (χ0v) is 25.0. The van der Waals surface area contributed by atoms with Crippen LogP contribution >= 0.6 is 22.6 Å². The van der Waals surface area contributed by atoms with Gasteiger partial charge in [0, 0.05) is 17.8 Å². The number of para-hydroxylation sites is 1. The SMILES string of the molecule is CCOc1cc(C=Nc2ccc([C@@H]3Nc4ccccc4[C@H]4C=CC[C@H]43)cc2)cc(I)c1OCc1ccc(C)cc1. The van der Waals surface area contributed by atoms with Crippen LogP contribution in [0.3, 0.4) is 0 Å². The minimum absolute atomic E-state index is 0.288. The topological polar surface area (TPSA) is 42.8 Å². The lowest BCUT2D eigenvalue weighted by molar-refractivity contribution is 0.267. The van der Waals surface area contributed by atoms with Gasteiger partial charge in [0.1, 0.15) is 6.61 Å². The molecule has 4 aromatic rings. The third-order valence-electron chi connectivity index (χ3n) is 7.72. The second kappa shape index (κ2) is 11.9. The molecule has 0 spiro atoms. The minimum Gasteiger partial charge on any atom is -0.490 e. The third kappa shape index (κ3) is 5.66. The van der Waals surface area contributed by atoms with Crippen LogP contribution in [0.15, 0.2) is 102 Å². The van der Waals surface area contributed by atoms with Crippen molar-refractivity contribution in [2.75, 3.05) is 11.9 Å². The van der Waals surface area contributed by atoms with E-state index in [1.807, 2.05) is 19.2 Å². The zero-order valence-electron chi connectivity index (χ0n) is 22.8. The van der Waals surface area contributed by atoms with Crippen LogP contribution < -0.4 is 14.8 Å². The lowest BCUT2D eigenvalue weighted by Crippen LogP contribution is -2.28. The summed E-state index contributed by atoms with van der Waals surface area (Å²) in [7, 11) is 0. The predicted octanol–water partition coefficient (Wildman–Crippen LogP) is 9.15. The van der Waals surface area contributed by atoms with Crippen molar-refractivity contribution in [1.29, 1.82) is 0 Å². The predicted molar refractivity (Wildman–Crippen MR) is 172 cm³/mol. The average molecular weight is 641 g/mol. The van der Waals surface area contributed by atoms with E-state index in [1.54, 1.807) is 0 Å². The molecule has 40 heavy (non-hydrogen) atoms. The van der Waals surface area contributed by atoms with E-state index in [9.17, 15) is 0 Å². The van der Waals surface area contributed by atoms with Crippen LogP contribution in [0, 0.1) is 16.4 Å². The Bertz CT molecular complexity index is 1540. The summed E-state index contributed by atoms with van der Waals surface area (Å²) in [6.45, 7) is 5.14. The van der Waals surface area contributed by atoms with Gasteiger partial charge in [0.05, 0.1) is 21.9 Å². The number of rotatable bonds is 8. The molecule has 0 fully saturated rings. The van der Waals surface area contributed by atoms with Gasteiger partial charge in [-0.3, -0.25) is 4.99 Å². The first-order chi connectivity index (χ1) is 19.6. The van der Waals surface area contributed by atoms with Crippen LogP contribution in [0.2, 0.25) is 0 Å². The molecule has 3 atom stereocenters. The van der Waals surface area contributed by atoms with Gasteiger partial charge in [-0.1, -0.05) is 72.3 Å². The van der Waals surface area contributed by atoms with E-state index in [0.29, 0.717) is 25.0 Å². The molecule has 6 rings (SSSR count). The Morgan fingerprint density at radius 3 is 2.58 bits per heavy atom. The van der Waals surface area contributed by atoms with E-state index in [1.165, 1.54) is 22.4 Å². The van der Waals surface area contributed by atoms with Crippen molar-refractivity contribution in [2.45, 2.75) is 38.8 Å². The maximum atomic E-state index is 6.20. The number of nitrogens with zero attached hydrogens (tertiary/aromatic N) is 1. The number of nitrogens with one attached hydrogen (secondary N) is 1. The number of aliphatic imine (C=N–C) groups is 1. The van der Waals surface area contributed by atoms with E-state index in [4.69, 9.17) is 14.5 Å². The summed E-state index contributed by atoms with van der Waals surface area (Å²) in [4.78, 5) is 4.78. The van der Waals surface area contributed by atoms with Gasteiger partial charge < -0.3 is 14.8 Å². The normalized spacial score (nSPS) is 19.2. The number of benzene rings is 4. The lowest BCUT2D eigenvalue weighted by Gasteiger charge is -2.37. The first-order valence-corrected chi connectivity index (χ1v) is 15.0. The highest BCUT2D eigenvalue weighted by Gasteiger charge is 2.37.